The standard InChI is InChI=1S/C22H20N2O6S/c1-14(25)23-16-7-9-18(10-8-16)31(28)19-11-17-12-20(26)24(17)21(19)30-22(27)29-13-15-5-3-2-4-6-15/h2-10,17H,11-13H2,1H3,(H,23,25). The van der Waals surface area contributed by atoms with Gasteiger partial charge in [-0.05, 0) is 29.8 Å². The lowest BCUT2D eigenvalue weighted by Gasteiger charge is -2.34. The maximum Gasteiger partial charge on any atom is 0.515 e. The number of fused-ring (bicyclic) bond motifs is 1. The molecule has 4 rings (SSSR count). The van der Waals surface area contributed by atoms with Crippen molar-refractivity contribution >= 4 is 34.8 Å². The Balaban J connectivity index is 1.50. The third kappa shape index (κ3) is 4.57. The smallest absolute Gasteiger partial charge is 0.515 e. The lowest BCUT2D eigenvalue weighted by molar-refractivity contribution is -0.144. The Hall–Kier alpha value is -3.30. The van der Waals surface area contributed by atoms with Crippen molar-refractivity contribution in [2.45, 2.75) is 37.3 Å². The Morgan fingerprint density at radius 3 is 2.48 bits per heavy atom. The predicted molar refractivity (Wildman–Crippen MR) is 112 cm³/mol. The van der Waals surface area contributed by atoms with Gasteiger partial charge in [-0.2, -0.15) is 0 Å². The Morgan fingerprint density at radius 1 is 1.13 bits per heavy atom. The van der Waals surface area contributed by atoms with E-state index in [1.54, 1.807) is 24.3 Å². The zero-order valence-electron chi connectivity index (χ0n) is 16.7. The molecule has 2 aliphatic heterocycles. The summed E-state index contributed by atoms with van der Waals surface area (Å²) < 4.78 is 23.7. The van der Waals surface area contributed by atoms with E-state index in [0.717, 1.165) is 5.56 Å². The molecular weight excluding hydrogens is 420 g/mol. The second kappa shape index (κ2) is 8.83. The van der Waals surface area contributed by atoms with E-state index >= 15 is 0 Å². The minimum Gasteiger partial charge on any atom is -0.607 e. The van der Waals surface area contributed by atoms with E-state index in [1.165, 1.54) is 11.8 Å². The van der Waals surface area contributed by atoms with E-state index in [1.807, 2.05) is 30.3 Å². The molecule has 160 valence electrons. The molecule has 1 N–H and O–H groups in total. The molecule has 0 bridgehead atoms. The number of rotatable bonds is 6. The Labute approximate surface area is 182 Å². The van der Waals surface area contributed by atoms with Crippen molar-refractivity contribution in [1.29, 1.82) is 0 Å². The third-order valence-corrected chi connectivity index (χ3v) is 6.40. The number of carbonyl (C=O) groups excluding carboxylic acids is 3. The van der Waals surface area contributed by atoms with Crippen LogP contribution in [0, 0.1) is 0 Å². The van der Waals surface area contributed by atoms with Gasteiger partial charge in [-0.15, -0.1) is 0 Å². The van der Waals surface area contributed by atoms with Crippen LogP contribution in [-0.4, -0.2) is 33.5 Å². The summed E-state index contributed by atoms with van der Waals surface area (Å²) in [6.07, 6.45) is -0.295. The van der Waals surface area contributed by atoms with E-state index in [0.29, 0.717) is 28.3 Å². The molecule has 1 saturated heterocycles. The van der Waals surface area contributed by atoms with Crippen LogP contribution in [0.5, 0.6) is 0 Å². The molecule has 0 aromatic heterocycles. The van der Waals surface area contributed by atoms with Crippen LogP contribution in [0.2, 0.25) is 0 Å². The van der Waals surface area contributed by atoms with Gasteiger partial charge in [0.25, 0.3) is 5.88 Å². The monoisotopic (exact) mass is 440 g/mol. The fraction of sp³-hybridized carbons (Fsp3) is 0.227. The molecule has 2 atom stereocenters. The van der Waals surface area contributed by atoms with Crippen molar-refractivity contribution in [2.24, 2.45) is 0 Å². The topological polar surface area (TPSA) is 108 Å². The molecule has 9 heteroatoms. The molecule has 0 saturated carbocycles. The first-order valence-corrected chi connectivity index (χ1v) is 10.8. The highest BCUT2D eigenvalue weighted by atomic mass is 32.2. The molecule has 0 spiro atoms. The summed E-state index contributed by atoms with van der Waals surface area (Å²) in [5, 5.41) is 2.64. The first-order valence-electron chi connectivity index (χ1n) is 9.65. The van der Waals surface area contributed by atoms with Gasteiger partial charge in [-0.1, -0.05) is 30.3 Å². The number of carbonyl (C=O) groups is 3. The van der Waals surface area contributed by atoms with Crippen molar-refractivity contribution in [3.8, 4) is 0 Å². The summed E-state index contributed by atoms with van der Waals surface area (Å²) in [5.74, 6) is -0.410. The number of ether oxygens (including phenoxy) is 2. The van der Waals surface area contributed by atoms with E-state index in [2.05, 4.69) is 5.32 Å². The Kier molecular flexibility index (Phi) is 5.97. The fourth-order valence-electron chi connectivity index (χ4n) is 3.45. The lowest BCUT2D eigenvalue weighted by atomic mass is 10.0. The van der Waals surface area contributed by atoms with Gasteiger partial charge in [0.2, 0.25) is 11.8 Å². The van der Waals surface area contributed by atoms with Crippen molar-refractivity contribution < 1.29 is 28.4 Å². The lowest BCUT2D eigenvalue weighted by Crippen LogP contribution is -2.49. The number of anilines is 1. The van der Waals surface area contributed by atoms with Gasteiger partial charge in [-0.3, -0.25) is 14.5 Å². The van der Waals surface area contributed by atoms with Crippen LogP contribution in [0.3, 0.4) is 0 Å². The Bertz CT molecular complexity index is 1040. The number of hydrogen-bond donors (Lipinski definition) is 1. The minimum absolute atomic E-state index is 0.0106. The molecule has 2 aliphatic rings. The zero-order valence-corrected chi connectivity index (χ0v) is 17.5. The minimum atomic E-state index is -1.64. The second-order valence-electron chi connectivity index (χ2n) is 7.15. The van der Waals surface area contributed by atoms with E-state index < -0.39 is 17.3 Å². The highest BCUT2D eigenvalue weighted by molar-refractivity contribution is 7.95. The van der Waals surface area contributed by atoms with Crippen molar-refractivity contribution in [1.82, 2.24) is 4.90 Å². The van der Waals surface area contributed by atoms with Crippen LogP contribution in [0.1, 0.15) is 25.3 Å². The normalized spacial score (nSPS) is 18.2. The van der Waals surface area contributed by atoms with Crippen LogP contribution in [-0.2, 0) is 36.8 Å². The highest BCUT2D eigenvalue weighted by Crippen LogP contribution is 2.43. The van der Waals surface area contributed by atoms with Crippen LogP contribution >= 0.6 is 0 Å². The third-order valence-electron chi connectivity index (χ3n) is 4.91. The first kappa shape index (κ1) is 21.0. The number of β-lactam (4-membered cyclic amide) rings is 1. The van der Waals surface area contributed by atoms with Crippen LogP contribution in [0.25, 0.3) is 0 Å². The van der Waals surface area contributed by atoms with E-state index in [-0.39, 0.29) is 30.3 Å². The molecule has 2 heterocycles. The first-order chi connectivity index (χ1) is 14.9. The maximum absolute atomic E-state index is 13.2. The summed E-state index contributed by atoms with van der Waals surface area (Å²) in [5.41, 5.74) is 1.37. The summed E-state index contributed by atoms with van der Waals surface area (Å²) in [6, 6.07) is 15.5. The number of hydrogen-bond acceptors (Lipinski definition) is 6. The number of benzene rings is 2. The van der Waals surface area contributed by atoms with E-state index in [4.69, 9.17) is 9.47 Å². The molecule has 8 nitrogen and oxygen atoms in total. The number of nitrogens with zero attached hydrogens (tertiary/aromatic N) is 1. The SMILES string of the molecule is CC(=O)Nc1ccc([S+]([O-])C2=C(OC(=O)OCc3ccccc3)N3C(=O)CC3C2)cc1. The fourth-order valence-corrected chi connectivity index (χ4v) is 4.76. The molecule has 2 unspecified atom stereocenters. The van der Waals surface area contributed by atoms with Crippen molar-refractivity contribution in [3.05, 3.63) is 70.9 Å². The quantitative estimate of drug-likeness (QED) is 0.420. The molecule has 2 aromatic carbocycles. The molecular formula is C22H20N2O6S. The van der Waals surface area contributed by atoms with E-state index in [9.17, 15) is 18.9 Å². The molecule has 31 heavy (non-hydrogen) atoms. The zero-order chi connectivity index (χ0) is 22.0. The van der Waals surface area contributed by atoms with Crippen LogP contribution in [0.15, 0.2) is 70.3 Å². The van der Waals surface area contributed by atoms with Gasteiger partial charge < -0.3 is 19.3 Å². The average Bonchev–Trinajstić information content (AvgIpc) is 3.04. The summed E-state index contributed by atoms with van der Waals surface area (Å²) >= 11 is -1.64. The summed E-state index contributed by atoms with van der Waals surface area (Å²) in [7, 11) is 0. The Morgan fingerprint density at radius 2 is 1.84 bits per heavy atom. The van der Waals surface area contributed by atoms with Gasteiger partial charge in [0.05, 0.1) is 6.04 Å². The van der Waals surface area contributed by atoms with Crippen molar-refractivity contribution in [3.63, 3.8) is 0 Å². The predicted octanol–water partition coefficient (Wildman–Crippen LogP) is 3.28. The van der Waals surface area contributed by atoms with Crippen LogP contribution < -0.4 is 5.32 Å². The molecule has 0 radical (unpaired) electrons. The highest BCUT2D eigenvalue weighted by Gasteiger charge is 2.51. The maximum atomic E-state index is 13.2. The van der Waals surface area contributed by atoms with Gasteiger partial charge in [0.15, 0.2) is 9.80 Å². The van der Waals surface area contributed by atoms with Gasteiger partial charge >= 0.3 is 6.16 Å². The summed E-state index contributed by atoms with van der Waals surface area (Å²) in [4.78, 5) is 37.7. The largest absolute Gasteiger partial charge is 0.607 e. The molecule has 0 aliphatic carbocycles. The number of amides is 2. The molecule has 2 amide bonds. The number of nitrogens with one attached hydrogen (secondary N) is 1. The van der Waals surface area contributed by atoms with Gasteiger partial charge in [0.1, 0.15) is 6.61 Å². The molecule has 1 fully saturated rings. The van der Waals surface area contributed by atoms with Crippen LogP contribution in [0.4, 0.5) is 10.5 Å². The van der Waals surface area contributed by atoms with Gasteiger partial charge in [-0.25, -0.2) is 4.79 Å². The molecule has 2 aromatic rings. The van der Waals surface area contributed by atoms with Gasteiger partial charge in [0, 0.05) is 36.6 Å². The summed E-state index contributed by atoms with van der Waals surface area (Å²) in [6.45, 7) is 1.42. The second-order valence-corrected chi connectivity index (χ2v) is 8.66. The van der Waals surface area contributed by atoms with Crippen molar-refractivity contribution in [2.75, 3.05) is 5.32 Å². The average molecular weight is 440 g/mol.